The summed E-state index contributed by atoms with van der Waals surface area (Å²) in [6.45, 7) is -3.53. The number of alkyl halides is 2. The van der Waals surface area contributed by atoms with Gasteiger partial charge in [-0.15, -0.1) is 0 Å². The predicted molar refractivity (Wildman–Crippen MR) is 106 cm³/mol. The van der Waals surface area contributed by atoms with Crippen LogP contribution in [-0.2, 0) is 4.79 Å². The molecule has 0 fully saturated rings. The van der Waals surface area contributed by atoms with Gasteiger partial charge in [0.1, 0.15) is 0 Å². The Labute approximate surface area is 172 Å². The zero-order chi connectivity index (χ0) is 22.5. The lowest BCUT2D eigenvalue weighted by atomic mass is 10.1. The highest BCUT2D eigenvalue weighted by Gasteiger charge is 2.16. The fourth-order valence-corrected chi connectivity index (χ4v) is 2.79. The van der Waals surface area contributed by atoms with Gasteiger partial charge in [0.25, 0.3) is 17.0 Å². The Morgan fingerprint density at radius 3 is 2.52 bits per heavy atom. The molecule has 1 heterocycles. The van der Waals surface area contributed by atoms with Crippen molar-refractivity contribution >= 4 is 28.3 Å². The molecule has 0 spiro atoms. The Bertz CT molecular complexity index is 1250. The lowest BCUT2D eigenvalue weighted by Gasteiger charge is -2.12. The third-order valence-electron chi connectivity index (χ3n) is 4.15. The van der Waals surface area contributed by atoms with Gasteiger partial charge in [-0.2, -0.15) is 8.78 Å². The Hall–Kier alpha value is -4.22. The number of H-pyrrole nitrogens is 2. The molecular formula is C19H16F2N4O6. The van der Waals surface area contributed by atoms with Gasteiger partial charge in [-0.3, -0.25) is 29.4 Å². The van der Waals surface area contributed by atoms with Crippen LogP contribution >= 0.6 is 0 Å². The molecule has 0 aliphatic heterocycles. The molecule has 0 aliphatic carbocycles. The summed E-state index contributed by atoms with van der Waals surface area (Å²) < 4.78 is 34.0. The quantitative estimate of drug-likeness (QED) is 0.440. The standard InChI is InChI=1S/C19H16F2N4O6/c1-30-13-7-9(5-6-12(13)31-19(20)21)16(27)22-8-14(26)23-11-4-2-3-10-15(11)18(29)25-24-17(10)28/h2-7,19H,8H2,1H3,(H,22,27)(H,23,26)(H,24,28)(H,25,29). The maximum atomic E-state index is 12.4. The number of methoxy groups -OCH3 is 1. The smallest absolute Gasteiger partial charge is 0.387 e. The average molecular weight is 434 g/mol. The van der Waals surface area contributed by atoms with E-state index in [9.17, 15) is 28.0 Å². The number of aromatic nitrogens is 2. The van der Waals surface area contributed by atoms with Crippen LogP contribution in [0, 0.1) is 0 Å². The molecule has 0 bridgehead atoms. The summed E-state index contributed by atoms with van der Waals surface area (Å²) in [5, 5.41) is 9.24. The van der Waals surface area contributed by atoms with E-state index in [0.29, 0.717) is 0 Å². The van der Waals surface area contributed by atoms with E-state index in [1.165, 1.54) is 37.4 Å². The van der Waals surface area contributed by atoms with Crippen molar-refractivity contribution in [3.8, 4) is 11.5 Å². The molecule has 3 aromatic rings. The van der Waals surface area contributed by atoms with E-state index in [-0.39, 0.29) is 33.5 Å². The molecule has 2 amide bonds. The zero-order valence-corrected chi connectivity index (χ0v) is 16.0. The Kier molecular flexibility index (Phi) is 6.29. The number of halogens is 2. The molecule has 31 heavy (non-hydrogen) atoms. The van der Waals surface area contributed by atoms with Gasteiger partial charge in [-0.1, -0.05) is 6.07 Å². The van der Waals surface area contributed by atoms with Gasteiger partial charge in [0, 0.05) is 5.56 Å². The van der Waals surface area contributed by atoms with Gasteiger partial charge in [0.15, 0.2) is 11.5 Å². The van der Waals surface area contributed by atoms with Crippen LogP contribution in [0.1, 0.15) is 10.4 Å². The molecule has 0 saturated heterocycles. The average Bonchev–Trinajstić information content (AvgIpc) is 2.74. The fraction of sp³-hybridized carbons (Fsp3) is 0.158. The second-order valence-corrected chi connectivity index (χ2v) is 6.11. The minimum absolute atomic E-state index is 0.00900. The largest absolute Gasteiger partial charge is 0.493 e. The molecule has 162 valence electrons. The van der Waals surface area contributed by atoms with Crippen LogP contribution in [0.3, 0.4) is 0 Å². The molecule has 2 aromatic carbocycles. The summed E-state index contributed by atoms with van der Waals surface area (Å²) in [5.41, 5.74) is -1.00. The number of hydrogen-bond donors (Lipinski definition) is 4. The summed E-state index contributed by atoms with van der Waals surface area (Å²) in [6, 6.07) is 7.89. The van der Waals surface area contributed by atoms with E-state index in [0.717, 1.165) is 6.07 Å². The minimum Gasteiger partial charge on any atom is -0.493 e. The van der Waals surface area contributed by atoms with Crippen LogP contribution in [0.2, 0.25) is 0 Å². The van der Waals surface area contributed by atoms with E-state index in [4.69, 9.17) is 4.74 Å². The number of carbonyl (C=O) groups is 2. The molecule has 0 aliphatic rings. The third kappa shape index (κ3) is 4.86. The number of ether oxygens (including phenoxy) is 2. The first-order valence-corrected chi connectivity index (χ1v) is 8.74. The van der Waals surface area contributed by atoms with E-state index < -0.39 is 36.1 Å². The summed E-state index contributed by atoms with van der Waals surface area (Å²) in [4.78, 5) is 48.4. The van der Waals surface area contributed by atoms with E-state index >= 15 is 0 Å². The van der Waals surface area contributed by atoms with E-state index in [2.05, 4.69) is 25.6 Å². The molecule has 4 N–H and O–H groups in total. The second-order valence-electron chi connectivity index (χ2n) is 6.11. The first kappa shape index (κ1) is 21.5. The second kappa shape index (κ2) is 9.07. The molecular weight excluding hydrogens is 418 g/mol. The van der Waals surface area contributed by atoms with Gasteiger partial charge in [0.2, 0.25) is 5.91 Å². The number of carbonyl (C=O) groups excluding carboxylic acids is 2. The Balaban J connectivity index is 1.70. The van der Waals surface area contributed by atoms with Crippen LogP contribution in [0.5, 0.6) is 11.5 Å². The van der Waals surface area contributed by atoms with Crippen LogP contribution in [0.4, 0.5) is 14.5 Å². The summed E-state index contributed by atoms with van der Waals surface area (Å²) in [5.74, 6) is -1.67. The van der Waals surface area contributed by atoms with E-state index in [1.54, 1.807) is 0 Å². The van der Waals surface area contributed by atoms with E-state index in [1.807, 2.05) is 0 Å². The van der Waals surface area contributed by atoms with Crippen molar-refractivity contribution in [3.63, 3.8) is 0 Å². The van der Waals surface area contributed by atoms with Gasteiger partial charge < -0.3 is 20.1 Å². The maximum Gasteiger partial charge on any atom is 0.387 e. The molecule has 0 saturated carbocycles. The Morgan fingerprint density at radius 1 is 1.06 bits per heavy atom. The van der Waals surface area contributed by atoms with Crippen LogP contribution in [0.15, 0.2) is 46.0 Å². The molecule has 0 atom stereocenters. The normalized spacial score (nSPS) is 10.7. The third-order valence-corrected chi connectivity index (χ3v) is 4.15. The van der Waals surface area contributed by atoms with Crippen LogP contribution in [0.25, 0.3) is 10.8 Å². The van der Waals surface area contributed by atoms with Gasteiger partial charge in [-0.25, -0.2) is 0 Å². The highest BCUT2D eigenvalue weighted by Crippen LogP contribution is 2.29. The summed E-state index contributed by atoms with van der Waals surface area (Å²) in [6.07, 6.45) is 0. The van der Waals surface area contributed by atoms with Gasteiger partial charge in [0.05, 0.1) is 30.1 Å². The van der Waals surface area contributed by atoms with Crippen LogP contribution < -0.4 is 31.2 Å². The fourth-order valence-electron chi connectivity index (χ4n) is 2.79. The highest BCUT2D eigenvalue weighted by molar-refractivity contribution is 6.04. The van der Waals surface area contributed by atoms with Gasteiger partial charge >= 0.3 is 6.61 Å². The van der Waals surface area contributed by atoms with Crippen molar-refractivity contribution in [2.75, 3.05) is 19.0 Å². The monoisotopic (exact) mass is 434 g/mol. The number of fused-ring (bicyclic) bond motifs is 1. The van der Waals surface area contributed by atoms with Crippen molar-refractivity contribution in [1.82, 2.24) is 15.5 Å². The van der Waals surface area contributed by atoms with Crippen LogP contribution in [-0.4, -0.2) is 42.3 Å². The van der Waals surface area contributed by atoms with Crippen molar-refractivity contribution in [3.05, 3.63) is 62.7 Å². The lowest BCUT2D eigenvalue weighted by molar-refractivity contribution is -0.115. The molecule has 0 unspecified atom stereocenters. The topological polar surface area (TPSA) is 142 Å². The predicted octanol–water partition coefficient (Wildman–Crippen LogP) is 1.19. The molecule has 1 aromatic heterocycles. The molecule has 0 radical (unpaired) electrons. The minimum atomic E-state index is -3.06. The maximum absolute atomic E-state index is 12.4. The lowest BCUT2D eigenvalue weighted by Crippen LogP contribution is -2.33. The first-order valence-electron chi connectivity index (χ1n) is 8.74. The van der Waals surface area contributed by atoms with Crippen molar-refractivity contribution in [2.24, 2.45) is 0 Å². The number of nitrogens with one attached hydrogen (secondary N) is 4. The summed E-state index contributed by atoms with van der Waals surface area (Å²) >= 11 is 0. The number of benzene rings is 2. The van der Waals surface area contributed by atoms with Crippen molar-refractivity contribution < 1.29 is 27.8 Å². The Morgan fingerprint density at radius 2 is 1.81 bits per heavy atom. The molecule has 10 nitrogen and oxygen atoms in total. The molecule has 3 rings (SSSR count). The summed E-state index contributed by atoms with van der Waals surface area (Å²) in [7, 11) is 1.22. The van der Waals surface area contributed by atoms with Crippen molar-refractivity contribution in [2.45, 2.75) is 6.61 Å². The number of amides is 2. The number of rotatable bonds is 7. The number of aromatic amines is 2. The number of hydrogen-bond acceptors (Lipinski definition) is 6. The van der Waals surface area contributed by atoms with Crippen molar-refractivity contribution in [1.29, 1.82) is 0 Å². The number of anilines is 1. The van der Waals surface area contributed by atoms with Gasteiger partial charge in [-0.05, 0) is 30.3 Å². The SMILES string of the molecule is COc1cc(C(=O)NCC(=O)Nc2cccc3c(=O)[nH][nH]c(=O)c23)ccc1OC(F)F. The first-order chi connectivity index (χ1) is 14.8. The zero-order valence-electron chi connectivity index (χ0n) is 16.0. The molecule has 12 heteroatoms. The highest BCUT2D eigenvalue weighted by atomic mass is 19.3.